The van der Waals surface area contributed by atoms with Crippen molar-refractivity contribution in [2.45, 2.75) is 82.6 Å². The Balaban J connectivity index is 1.28. The van der Waals surface area contributed by atoms with Crippen molar-refractivity contribution in [3.05, 3.63) is 86.3 Å². The number of halogens is 4. The zero-order valence-electron chi connectivity index (χ0n) is 27.3. The molecule has 3 fully saturated rings. The average molecular weight is 735 g/mol. The summed E-state index contributed by atoms with van der Waals surface area (Å²) in [5.74, 6) is -0.212. The molecule has 0 radical (unpaired) electrons. The number of esters is 1. The fourth-order valence-electron chi connectivity index (χ4n) is 5.83. The molecular weight excluding hydrogens is 695 g/mol. The van der Waals surface area contributed by atoms with Crippen LogP contribution in [0.3, 0.4) is 0 Å². The molecule has 1 aromatic heterocycles. The van der Waals surface area contributed by atoms with E-state index in [0.29, 0.717) is 46.5 Å². The minimum Gasteiger partial charge on any atom is -0.619 e. The minimum absolute atomic E-state index is 0.00709. The maximum Gasteiger partial charge on any atom is 0.387 e. The van der Waals surface area contributed by atoms with E-state index in [-0.39, 0.29) is 57.3 Å². The lowest BCUT2D eigenvalue weighted by atomic mass is 9.91. The summed E-state index contributed by atoms with van der Waals surface area (Å²) < 4.78 is 49.6. The molecule has 1 heterocycles. The van der Waals surface area contributed by atoms with Gasteiger partial charge in [-0.05, 0) is 99.1 Å². The van der Waals surface area contributed by atoms with Gasteiger partial charge in [-0.2, -0.15) is 13.5 Å². The molecule has 50 heavy (non-hydrogen) atoms. The van der Waals surface area contributed by atoms with Crippen molar-refractivity contribution in [3.63, 3.8) is 0 Å². The molecule has 2 aromatic carbocycles. The Hall–Kier alpha value is -3.87. The summed E-state index contributed by atoms with van der Waals surface area (Å²) in [4.78, 5) is 27.2. The molecule has 10 nitrogen and oxygen atoms in total. The summed E-state index contributed by atoms with van der Waals surface area (Å²) in [7, 11) is 0. The van der Waals surface area contributed by atoms with Crippen molar-refractivity contribution >= 4 is 35.1 Å². The first-order valence-corrected chi connectivity index (χ1v) is 17.6. The highest BCUT2D eigenvalue weighted by Gasteiger charge is 2.29. The summed E-state index contributed by atoms with van der Waals surface area (Å²) >= 11 is 12.8. The van der Waals surface area contributed by atoms with Gasteiger partial charge in [0.15, 0.2) is 23.9 Å². The number of carbonyl (C=O) groups excluding carboxylic acids is 2. The quantitative estimate of drug-likeness (QED) is 0.0974. The van der Waals surface area contributed by atoms with E-state index in [1.165, 1.54) is 36.4 Å². The van der Waals surface area contributed by atoms with E-state index in [1.807, 2.05) is 0 Å². The molecule has 1 amide bonds. The molecule has 3 saturated carbocycles. The van der Waals surface area contributed by atoms with Crippen molar-refractivity contribution < 1.29 is 42.0 Å². The van der Waals surface area contributed by atoms with Crippen LogP contribution >= 0.6 is 23.2 Å². The number of aromatic nitrogens is 1. The van der Waals surface area contributed by atoms with Gasteiger partial charge in [-0.3, -0.25) is 4.79 Å². The average Bonchev–Trinajstić information content (AvgIpc) is 4.01. The van der Waals surface area contributed by atoms with Crippen molar-refractivity contribution in [2.75, 3.05) is 13.2 Å². The van der Waals surface area contributed by atoms with E-state index >= 15 is 0 Å². The third kappa shape index (κ3) is 9.67. The number of amides is 1. The first-order chi connectivity index (χ1) is 24.0. The van der Waals surface area contributed by atoms with E-state index in [2.05, 4.69) is 5.32 Å². The van der Waals surface area contributed by atoms with Gasteiger partial charge in [0.05, 0.1) is 24.3 Å². The molecule has 1 unspecified atom stereocenters. The van der Waals surface area contributed by atoms with Gasteiger partial charge in [0.2, 0.25) is 0 Å². The largest absolute Gasteiger partial charge is 0.619 e. The third-order valence-electron chi connectivity index (χ3n) is 9.16. The molecule has 3 aromatic rings. The number of nitrogens with one attached hydrogen (secondary N) is 1. The lowest BCUT2D eigenvalue weighted by molar-refractivity contribution is -0.605. The predicted octanol–water partition coefficient (Wildman–Crippen LogP) is 6.95. The lowest BCUT2D eigenvalue weighted by Crippen LogP contribution is -2.40. The molecule has 3 aliphatic rings. The fraction of sp³-hybridized carbons (Fsp3) is 0.472. The standard InChI is InChI=1S/C36H39Cl2F2N3O7/c37-28-16-43(46)17-29(38)27(28)15-31(22-6-12-30(50-36(39)40)33(13-22)48-19-21-3-4-21)49-35(45)23-5-11-26(32(14-23)47-18-20-1-2-20)34(44)42-25-9-7-24(41)8-10-25/h5-6,11-14,16-17,20-21,24-25,31,36H,1-4,7-10,15,18-19,41H2,(H,42,44). The van der Waals surface area contributed by atoms with Gasteiger partial charge in [0.25, 0.3) is 5.91 Å². The number of carbonyl (C=O) groups is 2. The van der Waals surface area contributed by atoms with Gasteiger partial charge in [-0.25, -0.2) is 4.79 Å². The molecule has 6 rings (SSSR count). The molecule has 3 aliphatic carbocycles. The van der Waals surface area contributed by atoms with E-state index in [4.69, 9.17) is 47.9 Å². The minimum atomic E-state index is -3.08. The number of nitrogens with two attached hydrogens (primary N) is 1. The zero-order valence-corrected chi connectivity index (χ0v) is 28.8. The summed E-state index contributed by atoms with van der Waals surface area (Å²) in [5, 5.41) is 15.1. The molecule has 268 valence electrons. The van der Waals surface area contributed by atoms with Crippen LogP contribution < -0.4 is 30.0 Å². The van der Waals surface area contributed by atoms with Crippen molar-refractivity contribution in [3.8, 4) is 17.2 Å². The summed E-state index contributed by atoms with van der Waals surface area (Å²) in [6.45, 7) is -2.37. The third-order valence-corrected chi connectivity index (χ3v) is 9.82. The molecular formula is C36H39Cl2F2N3O7. The highest BCUT2D eigenvalue weighted by molar-refractivity contribution is 6.35. The Morgan fingerprint density at radius 1 is 0.880 bits per heavy atom. The second-order valence-corrected chi connectivity index (χ2v) is 14.1. The number of alkyl halides is 2. The van der Waals surface area contributed by atoms with E-state index in [0.717, 1.165) is 63.8 Å². The first kappa shape index (κ1) is 35.9. The molecule has 3 N–H and O–H groups in total. The molecule has 0 spiro atoms. The van der Waals surface area contributed by atoms with E-state index in [1.54, 1.807) is 0 Å². The van der Waals surface area contributed by atoms with Crippen molar-refractivity contribution in [2.24, 2.45) is 17.6 Å². The summed E-state index contributed by atoms with van der Waals surface area (Å²) in [6, 6.07) is 8.92. The zero-order chi connectivity index (χ0) is 35.4. The van der Waals surface area contributed by atoms with Crippen LogP contribution in [0.15, 0.2) is 48.8 Å². The first-order valence-electron chi connectivity index (χ1n) is 16.8. The molecule has 14 heteroatoms. The number of ether oxygens (including phenoxy) is 4. The monoisotopic (exact) mass is 733 g/mol. The predicted molar refractivity (Wildman–Crippen MR) is 181 cm³/mol. The number of nitrogens with zero attached hydrogens (tertiary/aromatic N) is 1. The Kier molecular flexibility index (Phi) is 11.5. The number of hydrogen-bond acceptors (Lipinski definition) is 8. The number of hydrogen-bond donors (Lipinski definition) is 2. The summed E-state index contributed by atoms with van der Waals surface area (Å²) in [5.41, 5.74) is 7.16. The number of benzene rings is 2. The topological polar surface area (TPSA) is 136 Å². The second kappa shape index (κ2) is 16.0. The molecule has 0 saturated heterocycles. The Morgan fingerprint density at radius 3 is 2.14 bits per heavy atom. The lowest BCUT2D eigenvalue weighted by Gasteiger charge is -2.27. The van der Waals surface area contributed by atoms with Crippen LogP contribution in [-0.2, 0) is 11.2 Å². The molecule has 0 bridgehead atoms. The normalized spacial score (nSPS) is 19.5. The van der Waals surface area contributed by atoms with Crippen molar-refractivity contribution in [1.29, 1.82) is 0 Å². The van der Waals surface area contributed by atoms with Crippen molar-refractivity contribution in [1.82, 2.24) is 5.32 Å². The van der Waals surface area contributed by atoms with Crippen LogP contribution in [0.4, 0.5) is 8.78 Å². The van der Waals surface area contributed by atoms with Crippen LogP contribution in [0.2, 0.25) is 10.0 Å². The van der Waals surface area contributed by atoms with Crippen LogP contribution in [0.5, 0.6) is 17.2 Å². The van der Waals surface area contributed by atoms with Gasteiger partial charge in [-0.15, -0.1) is 0 Å². The maximum atomic E-state index is 13.8. The van der Waals surface area contributed by atoms with Gasteiger partial charge in [0, 0.05) is 24.1 Å². The smallest absolute Gasteiger partial charge is 0.387 e. The van der Waals surface area contributed by atoms with Gasteiger partial charge in [-0.1, -0.05) is 29.3 Å². The Morgan fingerprint density at radius 2 is 1.52 bits per heavy atom. The molecule has 1 atom stereocenters. The second-order valence-electron chi connectivity index (χ2n) is 13.3. The maximum absolute atomic E-state index is 13.8. The number of pyridine rings is 1. The highest BCUT2D eigenvalue weighted by atomic mass is 35.5. The van der Waals surface area contributed by atoms with Crippen LogP contribution in [0.1, 0.15) is 89.3 Å². The SMILES string of the molecule is NC1CCC(NC(=O)c2ccc(C(=O)OC(Cc3c(Cl)c[n+]([O-])cc3Cl)c3ccc(OC(F)F)c(OCC4CC4)c3)cc2OCC2CC2)CC1. The summed E-state index contributed by atoms with van der Waals surface area (Å²) in [6.07, 6.45) is 8.32. The van der Waals surface area contributed by atoms with E-state index in [9.17, 15) is 23.6 Å². The highest BCUT2D eigenvalue weighted by Crippen LogP contribution is 2.38. The van der Waals surface area contributed by atoms with E-state index < -0.39 is 18.7 Å². The van der Waals surface area contributed by atoms with Crippen LogP contribution in [-0.4, -0.2) is 43.8 Å². The fourth-order valence-corrected chi connectivity index (χ4v) is 6.43. The Bertz CT molecular complexity index is 1680. The van der Waals surface area contributed by atoms with Gasteiger partial charge in [0.1, 0.15) is 21.9 Å². The number of rotatable bonds is 15. The Labute approximate surface area is 298 Å². The van der Waals surface area contributed by atoms with Gasteiger partial charge < -0.3 is 35.2 Å². The molecule has 0 aliphatic heterocycles. The van der Waals surface area contributed by atoms with Crippen LogP contribution in [0, 0.1) is 17.0 Å². The van der Waals surface area contributed by atoms with Crippen LogP contribution in [0.25, 0.3) is 0 Å². The van der Waals surface area contributed by atoms with Gasteiger partial charge >= 0.3 is 12.6 Å².